The molecule has 4 heteroatoms. The summed E-state index contributed by atoms with van der Waals surface area (Å²) in [6.45, 7) is 5.53. The van der Waals surface area contributed by atoms with E-state index in [-0.39, 0.29) is 11.6 Å². The molecule has 1 aliphatic heterocycles. The minimum absolute atomic E-state index is 0.0153. The molecule has 2 aromatic rings. The van der Waals surface area contributed by atoms with Gasteiger partial charge < -0.3 is 4.98 Å². The zero-order valence-corrected chi connectivity index (χ0v) is 11.9. The van der Waals surface area contributed by atoms with Crippen molar-refractivity contribution in [3.8, 4) is 0 Å². The van der Waals surface area contributed by atoms with E-state index in [2.05, 4.69) is 46.1 Å². The van der Waals surface area contributed by atoms with Gasteiger partial charge in [0.1, 0.15) is 5.82 Å². The molecule has 0 saturated heterocycles. The van der Waals surface area contributed by atoms with Crippen molar-refractivity contribution in [2.45, 2.75) is 39.4 Å². The molecule has 1 N–H and O–H groups in total. The molecule has 0 spiro atoms. The Morgan fingerprint density at radius 2 is 2.10 bits per heavy atom. The largest absolute Gasteiger partial charge is 0.310 e. The lowest BCUT2D eigenvalue weighted by Crippen LogP contribution is -2.21. The maximum atomic E-state index is 12.1. The number of benzene rings is 1. The second kappa shape index (κ2) is 5.21. The van der Waals surface area contributed by atoms with Crippen LogP contribution in [0.4, 0.5) is 0 Å². The summed E-state index contributed by atoms with van der Waals surface area (Å²) in [7, 11) is 0. The number of aromatic nitrogens is 2. The van der Waals surface area contributed by atoms with E-state index in [1.807, 2.05) is 13.0 Å². The van der Waals surface area contributed by atoms with Gasteiger partial charge in [-0.2, -0.15) is 0 Å². The molecular formula is C16H19N3O. The van der Waals surface area contributed by atoms with Crippen LogP contribution in [0.1, 0.15) is 42.0 Å². The number of nitrogens with one attached hydrogen (secondary N) is 1. The highest BCUT2D eigenvalue weighted by Crippen LogP contribution is 2.33. The summed E-state index contributed by atoms with van der Waals surface area (Å²) in [4.78, 5) is 21.8. The highest BCUT2D eigenvalue weighted by Gasteiger charge is 2.32. The summed E-state index contributed by atoms with van der Waals surface area (Å²) in [5.74, 6) is 0.703. The van der Waals surface area contributed by atoms with Crippen LogP contribution in [0.5, 0.6) is 0 Å². The van der Waals surface area contributed by atoms with E-state index < -0.39 is 0 Å². The number of H-pyrrole nitrogens is 1. The first-order valence-corrected chi connectivity index (χ1v) is 7.06. The number of rotatable bonds is 3. The van der Waals surface area contributed by atoms with Gasteiger partial charge in [-0.1, -0.05) is 37.3 Å². The van der Waals surface area contributed by atoms with E-state index in [0.29, 0.717) is 12.4 Å². The van der Waals surface area contributed by atoms with Crippen molar-refractivity contribution in [1.29, 1.82) is 0 Å². The molecule has 0 aliphatic carbocycles. The molecule has 0 saturated carbocycles. The minimum Gasteiger partial charge on any atom is -0.310 e. The molecule has 104 valence electrons. The SMILES string of the molecule is CCC1c2nc(C)[nH]c(=O)c2CN1Cc1ccccc1. The third kappa shape index (κ3) is 2.27. The van der Waals surface area contributed by atoms with Gasteiger partial charge in [0.2, 0.25) is 0 Å². The standard InChI is InChI=1S/C16H19N3O/c1-3-14-15-13(16(20)18-11(2)17-15)10-19(14)9-12-7-5-4-6-8-12/h4-8,14H,3,9-10H2,1-2H3,(H,17,18,20). The van der Waals surface area contributed by atoms with Crippen LogP contribution in [0.15, 0.2) is 35.1 Å². The van der Waals surface area contributed by atoms with Crippen molar-refractivity contribution in [3.63, 3.8) is 0 Å². The van der Waals surface area contributed by atoms with Crippen molar-refractivity contribution < 1.29 is 0 Å². The maximum Gasteiger partial charge on any atom is 0.255 e. The third-order valence-electron chi connectivity index (χ3n) is 3.90. The van der Waals surface area contributed by atoms with Crippen LogP contribution in [0.3, 0.4) is 0 Å². The van der Waals surface area contributed by atoms with Crippen LogP contribution in [0, 0.1) is 6.92 Å². The molecule has 1 aliphatic rings. The van der Waals surface area contributed by atoms with E-state index in [4.69, 9.17) is 0 Å². The quantitative estimate of drug-likeness (QED) is 0.931. The van der Waals surface area contributed by atoms with Gasteiger partial charge in [-0.05, 0) is 18.9 Å². The van der Waals surface area contributed by atoms with Gasteiger partial charge >= 0.3 is 0 Å². The van der Waals surface area contributed by atoms with Crippen molar-refractivity contribution in [2.24, 2.45) is 0 Å². The highest BCUT2D eigenvalue weighted by atomic mass is 16.1. The van der Waals surface area contributed by atoms with Crippen LogP contribution in [0.25, 0.3) is 0 Å². The van der Waals surface area contributed by atoms with Gasteiger partial charge in [0, 0.05) is 13.1 Å². The third-order valence-corrected chi connectivity index (χ3v) is 3.90. The van der Waals surface area contributed by atoms with Crippen LogP contribution in [-0.4, -0.2) is 14.9 Å². The number of hydrogen-bond donors (Lipinski definition) is 1. The maximum absolute atomic E-state index is 12.1. The Balaban J connectivity index is 1.93. The molecule has 1 aromatic heterocycles. The number of aromatic amines is 1. The Hall–Kier alpha value is -1.94. The Bertz CT molecular complexity index is 663. The van der Waals surface area contributed by atoms with Gasteiger partial charge in [-0.25, -0.2) is 4.98 Å². The molecule has 1 aromatic carbocycles. The minimum atomic E-state index is 0.0153. The van der Waals surface area contributed by atoms with Gasteiger partial charge in [-0.3, -0.25) is 9.69 Å². The number of nitrogens with zero attached hydrogens (tertiary/aromatic N) is 2. The van der Waals surface area contributed by atoms with E-state index in [1.165, 1.54) is 5.56 Å². The molecule has 0 bridgehead atoms. The normalized spacial score (nSPS) is 18.2. The van der Waals surface area contributed by atoms with Crippen LogP contribution in [-0.2, 0) is 13.1 Å². The van der Waals surface area contributed by atoms with Crippen LogP contribution in [0.2, 0.25) is 0 Å². The zero-order valence-electron chi connectivity index (χ0n) is 11.9. The Kier molecular flexibility index (Phi) is 3.40. The molecule has 0 radical (unpaired) electrons. The van der Waals surface area contributed by atoms with Crippen molar-refractivity contribution >= 4 is 0 Å². The zero-order chi connectivity index (χ0) is 14.1. The number of fused-ring (bicyclic) bond motifs is 1. The van der Waals surface area contributed by atoms with Crippen LogP contribution >= 0.6 is 0 Å². The van der Waals surface area contributed by atoms with Gasteiger partial charge in [0.15, 0.2) is 0 Å². The lowest BCUT2D eigenvalue weighted by molar-refractivity contribution is 0.199. The lowest BCUT2D eigenvalue weighted by Gasteiger charge is -2.23. The molecule has 3 rings (SSSR count). The molecule has 20 heavy (non-hydrogen) atoms. The second-order valence-electron chi connectivity index (χ2n) is 5.33. The highest BCUT2D eigenvalue weighted by molar-refractivity contribution is 5.27. The average molecular weight is 269 g/mol. The number of hydrogen-bond acceptors (Lipinski definition) is 3. The Morgan fingerprint density at radius 1 is 1.35 bits per heavy atom. The molecule has 0 fully saturated rings. The fourth-order valence-corrected chi connectivity index (χ4v) is 2.98. The molecule has 1 atom stereocenters. The first-order valence-electron chi connectivity index (χ1n) is 7.06. The van der Waals surface area contributed by atoms with E-state index in [0.717, 1.165) is 24.2 Å². The molecule has 0 amide bonds. The smallest absolute Gasteiger partial charge is 0.255 e. The predicted molar refractivity (Wildman–Crippen MR) is 78.3 cm³/mol. The Morgan fingerprint density at radius 3 is 2.80 bits per heavy atom. The summed E-state index contributed by atoms with van der Waals surface area (Å²) in [6.07, 6.45) is 0.968. The van der Waals surface area contributed by atoms with E-state index in [1.54, 1.807) is 0 Å². The number of aryl methyl sites for hydroxylation is 1. The first-order chi connectivity index (χ1) is 9.69. The van der Waals surface area contributed by atoms with Crippen molar-refractivity contribution in [2.75, 3.05) is 0 Å². The van der Waals surface area contributed by atoms with Gasteiger partial charge in [0.05, 0.1) is 17.3 Å². The second-order valence-corrected chi connectivity index (χ2v) is 5.33. The van der Waals surface area contributed by atoms with Crippen molar-refractivity contribution in [3.05, 3.63) is 63.3 Å². The summed E-state index contributed by atoms with van der Waals surface area (Å²) >= 11 is 0. The van der Waals surface area contributed by atoms with E-state index >= 15 is 0 Å². The molecule has 4 nitrogen and oxygen atoms in total. The molecule has 1 unspecified atom stereocenters. The average Bonchev–Trinajstić information content (AvgIpc) is 2.77. The summed E-state index contributed by atoms with van der Waals surface area (Å²) < 4.78 is 0. The van der Waals surface area contributed by atoms with Gasteiger partial charge in [-0.15, -0.1) is 0 Å². The monoisotopic (exact) mass is 269 g/mol. The van der Waals surface area contributed by atoms with Crippen molar-refractivity contribution in [1.82, 2.24) is 14.9 Å². The first kappa shape index (κ1) is 13.1. The molecular weight excluding hydrogens is 250 g/mol. The summed E-state index contributed by atoms with van der Waals surface area (Å²) in [5.41, 5.74) is 3.08. The summed E-state index contributed by atoms with van der Waals surface area (Å²) in [6, 6.07) is 10.6. The fraction of sp³-hybridized carbons (Fsp3) is 0.375. The lowest BCUT2D eigenvalue weighted by atomic mass is 10.1. The Labute approximate surface area is 118 Å². The van der Waals surface area contributed by atoms with Gasteiger partial charge in [0.25, 0.3) is 5.56 Å². The fourth-order valence-electron chi connectivity index (χ4n) is 2.98. The summed E-state index contributed by atoms with van der Waals surface area (Å²) in [5, 5.41) is 0. The molecule has 2 heterocycles. The predicted octanol–water partition coefficient (Wildman–Crippen LogP) is 2.55. The topological polar surface area (TPSA) is 49.0 Å². The van der Waals surface area contributed by atoms with Crippen LogP contribution < -0.4 is 5.56 Å². The van der Waals surface area contributed by atoms with E-state index in [9.17, 15) is 4.79 Å².